The van der Waals surface area contributed by atoms with Gasteiger partial charge in [0.1, 0.15) is 16.5 Å². The van der Waals surface area contributed by atoms with Crippen molar-refractivity contribution in [1.82, 2.24) is 14.8 Å². The first-order valence-electron chi connectivity index (χ1n) is 8.59. The van der Waals surface area contributed by atoms with E-state index >= 15 is 0 Å². The van der Waals surface area contributed by atoms with Crippen molar-refractivity contribution in [2.24, 2.45) is 0 Å². The van der Waals surface area contributed by atoms with Gasteiger partial charge in [0.05, 0.1) is 10.2 Å². The molecule has 4 rings (SSSR count). The van der Waals surface area contributed by atoms with E-state index in [1.165, 1.54) is 23.5 Å². The van der Waals surface area contributed by atoms with Crippen molar-refractivity contribution in [3.63, 3.8) is 0 Å². The standard InChI is InChI=1S/C19H17FN4OS2/c1-2-4-17-22-23-19(27-17)21-18(25)15-10-16-14(7-8-26-16)24(15)11-12-5-3-6-13(20)9-12/h3,5-10H,2,4,11H2,1H3,(H,21,23,25). The predicted octanol–water partition coefficient (Wildman–Crippen LogP) is 4.95. The van der Waals surface area contributed by atoms with Gasteiger partial charge in [-0.05, 0) is 41.6 Å². The molecule has 0 aliphatic carbocycles. The molecule has 3 aromatic heterocycles. The topological polar surface area (TPSA) is 59.8 Å². The summed E-state index contributed by atoms with van der Waals surface area (Å²) < 4.78 is 16.5. The van der Waals surface area contributed by atoms with Crippen LogP contribution >= 0.6 is 22.7 Å². The summed E-state index contributed by atoms with van der Waals surface area (Å²) in [5.41, 5.74) is 2.28. The second-order valence-corrected chi connectivity index (χ2v) is 8.13. The van der Waals surface area contributed by atoms with E-state index in [1.807, 2.05) is 28.1 Å². The fraction of sp³-hybridized carbons (Fsp3) is 0.211. The Balaban J connectivity index is 1.64. The van der Waals surface area contributed by atoms with Gasteiger partial charge in [0, 0.05) is 13.0 Å². The Morgan fingerprint density at radius 3 is 2.96 bits per heavy atom. The SMILES string of the molecule is CCCc1nnc(NC(=O)c2cc3sccc3n2Cc2cccc(F)c2)s1. The fourth-order valence-electron chi connectivity index (χ4n) is 2.93. The number of halogens is 1. The maximum atomic E-state index is 13.6. The Morgan fingerprint density at radius 1 is 1.26 bits per heavy atom. The molecule has 0 spiro atoms. The number of benzene rings is 1. The van der Waals surface area contributed by atoms with E-state index in [0.717, 1.165) is 33.6 Å². The highest BCUT2D eigenvalue weighted by Gasteiger charge is 2.18. The van der Waals surface area contributed by atoms with Crippen LogP contribution in [0.4, 0.5) is 9.52 Å². The van der Waals surface area contributed by atoms with Crippen LogP contribution < -0.4 is 5.32 Å². The zero-order chi connectivity index (χ0) is 18.8. The van der Waals surface area contributed by atoms with Crippen molar-refractivity contribution in [2.45, 2.75) is 26.3 Å². The van der Waals surface area contributed by atoms with E-state index in [2.05, 4.69) is 22.4 Å². The van der Waals surface area contributed by atoms with E-state index in [9.17, 15) is 9.18 Å². The molecule has 3 heterocycles. The van der Waals surface area contributed by atoms with Gasteiger partial charge >= 0.3 is 0 Å². The first-order valence-corrected chi connectivity index (χ1v) is 10.3. The van der Waals surface area contributed by atoms with Crippen molar-refractivity contribution in [3.8, 4) is 0 Å². The Hall–Kier alpha value is -2.58. The van der Waals surface area contributed by atoms with Crippen LogP contribution in [0.15, 0.2) is 41.8 Å². The number of hydrogen-bond acceptors (Lipinski definition) is 5. The molecule has 0 fully saturated rings. The number of aromatic nitrogens is 3. The van der Waals surface area contributed by atoms with Gasteiger partial charge in [-0.25, -0.2) is 4.39 Å². The van der Waals surface area contributed by atoms with Crippen LogP contribution in [-0.2, 0) is 13.0 Å². The summed E-state index contributed by atoms with van der Waals surface area (Å²) in [6, 6.07) is 10.3. The van der Waals surface area contributed by atoms with Crippen molar-refractivity contribution in [1.29, 1.82) is 0 Å². The fourth-order valence-corrected chi connectivity index (χ4v) is 4.59. The van der Waals surface area contributed by atoms with Gasteiger partial charge in [-0.1, -0.05) is 30.4 Å². The molecular formula is C19H17FN4OS2. The average molecular weight is 401 g/mol. The number of thiophene rings is 1. The number of rotatable bonds is 6. The zero-order valence-electron chi connectivity index (χ0n) is 14.6. The maximum Gasteiger partial charge on any atom is 0.274 e. The first-order chi connectivity index (χ1) is 13.1. The molecule has 0 atom stereocenters. The summed E-state index contributed by atoms with van der Waals surface area (Å²) in [5.74, 6) is -0.529. The smallest absolute Gasteiger partial charge is 0.274 e. The number of nitrogens with zero attached hydrogens (tertiary/aromatic N) is 3. The number of carbonyl (C=O) groups excluding carboxylic acids is 1. The summed E-state index contributed by atoms with van der Waals surface area (Å²) in [6.07, 6.45) is 1.83. The highest BCUT2D eigenvalue weighted by Crippen LogP contribution is 2.27. The summed E-state index contributed by atoms with van der Waals surface area (Å²) >= 11 is 2.96. The number of carbonyl (C=O) groups is 1. The van der Waals surface area contributed by atoms with E-state index in [0.29, 0.717) is 17.4 Å². The minimum Gasteiger partial charge on any atom is -0.331 e. The second-order valence-electron chi connectivity index (χ2n) is 6.12. The third-order valence-electron chi connectivity index (χ3n) is 4.14. The van der Waals surface area contributed by atoms with Gasteiger partial charge in [-0.15, -0.1) is 21.5 Å². The molecule has 0 aliphatic rings. The molecule has 0 saturated carbocycles. The molecule has 27 heavy (non-hydrogen) atoms. The van der Waals surface area contributed by atoms with E-state index < -0.39 is 0 Å². The summed E-state index contributed by atoms with van der Waals surface area (Å²) in [6.45, 7) is 2.49. The maximum absolute atomic E-state index is 13.6. The molecule has 1 amide bonds. The highest BCUT2D eigenvalue weighted by molar-refractivity contribution is 7.17. The molecule has 138 valence electrons. The Morgan fingerprint density at radius 2 is 2.15 bits per heavy atom. The van der Waals surface area contributed by atoms with Crippen LogP contribution in [0.5, 0.6) is 0 Å². The van der Waals surface area contributed by atoms with Gasteiger partial charge in [0.25, 0.3) is 5.91 Å². The Bertz CT molecular complexity index is 1100. The molecule has 0 radical (unpaired) electrons. The minimum absolute atomic E-state index is 0.242. The number of anilines is 1. The van der Waals surface area contributed by atoms with Crippen molar-refractivity contribution in [3.05, 3.63) is 63.9 Å². The van der Waals surface area contributed by atoms with Gasteiger partial charge in [0.15, 0.2) is 0 Å². The van der Waals surface area contributed by atoms with Crippen LogP contribution in [0.25, 0.3) is 10.2 Å². The van der Waals surface area contributed by atoms with Gasteiger partial charge < -0.3 is 4.57 Å². The Labute approximate surface area is 163 Å². The lowest BCUT2D eigenvalue weighted by Gasteiger charge is -2.10. The molecular weight excluding hydrogens is 383 g/mol. The molecule has 4 aromatic rings. The quantitative estimate of drug-likeness (QED) is 0.498. The number of fused-ring (bicyclic) bond motifs is 1. The lowest BCUT2D eigenvalue weighted by molar-refractivity contribution is 0.101. The van der Waals surface area contributed by atoms with Gasteiger partial charge in [-0.3, -0.25) is 10.1 Å². The van der Waals surface area contributed by atoms with Crippen LogP contribution in [0.3, 0.4) is 0 Å². The normalized spacial score (nSPS) is 11.2. The molecule has 0 aliphatic heterocycles. The largest absolute Gasteiger partial charge is 0.331 e. The van der Waals surface area contributed by atoms with E-state index in [-0.39, 0.29) is 11.7 Å². The summed E-state index contributed by atoms with van der Waals surface area (Å²) in [4.78, 5) is 12.9. The number of hydrogen-bond donors (Lipinski definition) is 1. The first kappa shape index (κ1) is 17.8. The monoisotopic (exact) mass is 400 g/mol. The molecule has 0 bridgehead atoms. The van der Waals surface area contributed by atoms with Crippen molar-refractivity contribution in [2.75, 3.05) is 5.32 Å². The molecule has 8 heteroatoms. The molecule has 0 unspecified atom stereocenters. The molecule has 5 nitrogen and oxygen atoms in total. The third-order valence-corrected chi connectivity index (χ3v) is 5.89. The third kappa shape index (κ3) is 3.77. The number of amides is 1. The Kier molecular flexibility index (Phi) is 5.00. The highest BCUT2D eigenvalue weighted by atomic mass is 32.1. The van der Waals surface area contributed by atoms with Crippen LogP contribution in [-0.4, -0.2) is 20.7 Å². The van der Waals surface area contributed by atoms with E-state index in [1.54, 1.807) is 17.4 Å². The van der Waals surface area contributed by atoms with Crippen molar-refractivity contribution >= 4 is 43.9 Å². The van der Waals surface area contributed by atoms with Crippen LogP contribution in [0.1, 0.15) is 34.4 Å². The second kappa shape index (κ2) is 7.58. The summed E-state index contributed by atoms with van der Waals surface area (Å²) in [5, 5.41) is 14.4. The molecule has 1 aromatic carbocycles. The lowest BCUT2D eigenvalue weighted by atomic mass is 10.2. The lowest BCUT2D eigenvalue weighted by Crippen LogP contribution is -2.17. The number of aryl methyl sites for hydroxylation is 1. The minimum atomic E-state index is -0.287. The van der Waals surface area contributed by atoms with Gasteiger partial charge in [0.2, 0.25) is 5.13 Å². The summed E-state index contributed by atoms with van der Waals surface area (Å²) in [7, 11) is 0. The van der Waals surface area contributed by atoms with Crippen LogP contribution in [0.2, 0.25) is 0 Å². The average Bonchev–Trinajstić information content (AvgIpc) is 3.33. The number of nitrogens with one attached hydrogen (secondary N) is 1. The molecule has 0 saturated heterocycles. The van der Waals surface area contributed by atoms with Crippen molar-refractivity contribution < 1.29 is 9.18 Å². The predicted molar refractivity (Wildman–Crippen MR) is 107 cm³/mol. The zero-order valence-corrected chi connectivity index (χ0v) is 16.2. The van der Waals surface area contributed by atoms with Crippen LogP contribution in [0, 0.1) is 5.82 Å². The molecule has 1 N–H and O–H groups in total. The van der Waals surface area contributed by atoms with E-state index in [4.69, 9.17) is 0 Å². The van der Waals surface area contributed by atoms with Gasteiger partial charge in [-0.2, -0.15) is 0 Å².